The fourth-order valence-corrected chi connectivity index (χ4v) is 0.489. The van der Waals surface area contributed by atoms with Gasteiger partial charge in [-0.3, -0.25) is 4.98 Å². The molecule has 0 unspecified atom stereocenters. The molecule has 0 spiro atoms. The molecule has 0 saturated carbocycles. The first-order valence-corrected chi connectivity index (χ1v) is 4.30. The molecular weight excluding hydrogens is 188 g/mol. The lowest BCUT2D eigenvalue weighted by molar-refractivity contribution is 0.0696. The summed E-state index contributed by atoms with van der Waals surface area (Å²) in [6, 6.07) is 3.08. The third kappa shape index (κ3) is 6.12. The molecule has 3 N–H and O–H groups in total. The van der Waals surface area contributed by atoms with Crippen LogP contribution in [0, 0.1) is 0 Å². The maximum absolute atomic E-state index is 10.2. The summed E-state index contributed by atoms with van der Waals surface area (Å²) in [5, 5.41) is 8.34. The van der Waals surface area contributed by atoms with E-state index in [0.717, 1.165) is 5.75 Å². The van der Waals surface area contributed by atoms with E-state index < -0.39 is 5.97 Å². The highest BCUT2D eigenvalue weighted by Crippen LogP contribution is 1.92. The predicted octanol–water partition coefficient (Wildman–Crippen LogP) is 0.655. The Bertz CT molecular complexity index is 239. The highest BCUT2D eigenvalue weighted by Gasteiger charge is 1.97. The van der Waals surface area contributed by atoms with Gasteiger partial charge in [0, 0.05) is 24.7 Å². The van der Waals surface area contributed by atoms with Crippen LogP contribution in [0.3, 0.4) is 0 Å². The summed E-state index contributed by atoms with van der Waals surface area (Å²) < 4.78 is 0. The van der Waals surface area contributed by atoms with Crippen molar-refractivity contribution in [2.45, 2.75) is 0 Å². The second kappa shape index (κ2) is 7.57. The zero-order valence-corrected chi connectivity index (χ0v) is 7.95. The van der Waals surface area contributed by atoms with Gasteiger partial charge in [-0.15, -0.1) is 0 Å². The molecule has 0 aromatic carbocycles. The van der Waals surface area contributed by atoms with E-state index >= 15 is 0 Å². The number of pyridine rings is 1. The van der Waals surface area contributed by atoms with E-state index in [9.17, 15) is 4.79 Å². The molecule has 0 radical (unpaired) electrons. The largest absolute Gasteiger partial charge is 0.478 e. The minimum absolute atomic E-state index is 0.220. The molecule has 0 aliphatic rings. The second-order valence-corrected chi connectivity index (χ2v) is 2.51. The lowest BCUT2D eigenvalue weighted by Crippen LogP contribution is -1.97. The summed E-state index contributed by atoms with van der Waals surface area (Å²) in [6.45, 7) is 0.684. The maximum Gasteiger partial charge on any atom is 0.337 e. The van der Waals surface area contributed by atoms with Crippen LogP contribution in [0.2, 0.25) is 0 Å². The Labute approximate surface area is 82.2 Å². The normalized spacial score (nSPS) is 8.46. The lowest BCUT2D eigenvalue weighted by atomic mass is 10.3. The molecule has 0 aliphatic carbocycles. The number of carboxylic acids is 1. The number of carboxylic acid groups (broad SMARTS) is 1. The van der Waals surface area contributed by atoms with Gasteiger partial charge < -0.3 is 10.8 Å². The van der Waals surface area contributed by atoms with Gasteiger partial charge in [0.15, 0.2) is 0 Å². The first-order chi connectivity index (χ1) is 6.22. The Hall–Kier alpha value is -1.07. The van der Waals surface area contributed by atoms with Crippen molar-refractivity contribution in [3.05, 3.63) is 30.1 Å². The number of rotatable bonds is 2. The highest BCUT2D eigenvalue weighted by atomic mass is 32.1. The maximum atomic E-state index is 10.2. The first-order valence-electron chi connectivity index (χ1n) is 3.66. The average molecular weight is 200 g/mol. The Balaban J connectivity index is 0.000000310. The van der Waals surface area contributed by atoms with Crippen LogP contribution in [0.25, 0.3) is 0 Å². The lowest BCUT2D eigenvalue weighted by Gasteiger charge is -1.87. The van der Waals surface area contributed by atoms with Crippen LogP contribution in [0.4, 0.5) is 0 Å². The Morgan fingerprint density at radius 3 is 2.54 bits per heavy atom. The van der Waals surface area contributed by atoms with Crippen LogP contribution in [-0.4, -0.2) is 28.4 Å². The Morgan fingerprint density at radius 2 is 2.31 bits per heavy atom. The highest BCUT2D eigenvalue weighted by molar-refractivity contribution is 7.80. The molecule has 0 atom stereocenters. The van der Waals surface area contributed by atoms with Gasteiger partial charge in [0.25, 0.3) is 0 Å². The zero-order chi connectivity index (χ0) is 10.1. The number of aromatic carboxylic acids is 1. The van der Waals surface area contributed by atoms with Crippen LogP contribution in [-0.2, 0) is 0 Å². The summed E-state index contributed by atoms with van der Waals surface area (Å²) in [5.41, 5.74) is 5.17. The fourth-order valence-electron chi connectivity index (χ4n) is 0.489. The van der Waals surface area contributed by atoms with Crippen molar-refractivity contribution in [3.63, 3.8) is 0 Å². The Kier molecular flexibility index (Phi) is 6.95. The van der Waals surface area contributed by atoms with Gasteiger partial charge in [-0.2, -0.15) is 12.6 Å². The van der Waals surface area contributed by atoms with Crippen molar-refractivity contribution < 1.29 is 9.90 Å². The monoisotopic (exact) mass is 200 g/mol. The molecule has 0 fully saturated rings. The smallest absolute Gasteiger partial charge is 0.337 e. The molecule has 1 heterocycles. The van der Waals surface area contributed by atoms with Crippen molar-refractivity contribution in [2.24, 2.45) is 5.73 Å². The molecule has 5 heteroatoms. The van der Waals surface area contributed by atoms with Gasteiger partial charge in [0.2, 0.25) is 0 Å². The van der Waals surface area contributed by atoms with Gasteiger partial charge in [-0.05, 0) is 12.1 Å². The molecule has 0 bridgehead atoms. The molecular formula is C8H12N2O2S. The van der Waals surface area contributed by atoms with E-state index in [-0.39, 0.29) is 5.56 Å². The van der Waals surface area contributed by atoms with Crippen molar-refractivity contribution >= 4 is 18.6 Å². The number of thiol groups is 1. The fraction of sp³-hybridized carbons (Fsp3) is 0.250. The third-order valence-corrected chi connectivity index (χ3v) is 1.30. The minimum Gasteiger partial charge on any atom is -0.478 e. The molecule has 4 nitrogen and oxygen atoms in total. The molecule has 1 aromatic rings. The van der Waals surface area contributed by atoms with Gasteiger partial charge in [0.05, 0.1) is 5.56 Å². The number of hydrogen-bond acceptors (Lipinski definition) is 4. The summed E-state index contributed by atoms with van der Waals surface area (Å²) in [6.07, 6.45) is 2.84. The van der Waals surface area contributed by atoms with Crippen LogP contribution in [0.5, 0.6) is 0 Å². The van der Waals surface area contributed by atoms with Crippen molar-refractivity contribution in [2.75, 3.05) is 12.3 Å². The quantitative estimate of drug-likeness (QED) is 0.613. The van der Waals surface area contributed by atoms with Gasteiger partial charge in [0.1, 0.15) is 0 Å². The molecule has 0 saturated heterocycles. The van der Waals surface area contributed by atoms with E-state index in [1.807, 2.05) is 0 Å². The van der Waals surface area contributed by atoms with E-state index in [0.29, 0.717) is 6.54 Å². The number of aromatic nitrogens is 1. The van der Waals surface area contributed by atoms with Crippen LogP contribution in [0.1, 0.15) is 10.4 Å². The van der Waals surface area contributed by atoms with Gasteiger partial charge in [-0.1, -0.05) is 0 Å². The van der Waals surface area contributed by atoms with Crippen molar-refractivity contribution in [3.8, 4) is 0 Å². The summed E-state index contributed by atoms with van der Waals surface area (Å²) in [7, 11) is 0. The average Bonchev–Trinajstić information content (AvgIpc) is 2.19. The Morgan fingerprint density at radius 1 is 1.69 bits per heavy atom. The summed E-state index contributed by atoms with van der Waals surface area (Å²) in [5.74, 6) is -0.150. The molecule has 72 valence electrons. The van der Waals surface area contributed by atoms with E-state index in [4.69, 9.17) is 10.8 Å². The molecule has 1 aromatic heterocycles. The first kappa shape index (κ1) is 11.9. The van der Waals surface area contributed by atoms with Crippen molar-refractivity contribution in [1.82, 2.24) is 4.98 Å². The summed E-state index contributed by atoms with van der Waals surface area (Å²) in [4.78, 5) is 13.8. The van der Waals surface area contributed by atoms with E-state index in [1.54, 1.807) is 6.07 Å². The zero-order valence-electron chi connectivity index (χ0n) is 7.05. The van der Waals surface area contributed by atoms with Gasteiger partial charge in [-0.25, -0.2) is 4.79 Å². The molecule has 0 amide bonds. The van der Waals surface area contributed by atoms with Crippen LogP contribution >= 0.6 is 12.6 Å². The number of nitrogens with two attached hydrogens (primary N) is 1. The minimum atomic E-state index is -0.942. The second-order valence-electron chi connectivity index (χ2n) is 2.06. The SMILES string of the molecule is NCCS.O=C(O)c1cccnc1. The molecule has 1 rings (SSSR count). The summed E-state index contributed by atoms with van der Waals surface area (Å²) >= 11 is 3.80. The van der Waals surface area contributed by atoms with Crippen LogP contribution < -0.4 is 5.73 Å². The third-order valence-electron chi connectivity index (χ3n) is 1.04. The van der Waals surface area contributed by atoms with Crippen molar-refractivity contribution in [1.29, 1.82) is 0 Å². The standard InChI is InChI=1S/C6H5NO2.C2H7NS/c8-6(9)5-2-1-3-7-4-5;3-1-2-4/h1-4H,(H,8,9);4H,1-3H2. The van der Waals surface area contributed by atoms with Gasteiger partial charge >= 0.3 is 5.97 Å². The molecule has 0 aliphatic heterocycles. The van der Waals surface area contributed by atoms with Crippen LogP contribution in [0.15, 0.2) is 24.5 Å². The van der Waals surface area contributed by atoms with E-state index in [2.05, 4.69) is 17.6 Å². The van der Waals surface area contributed by atoms with E-state index in [1.165, 1.54) is 18.5 Å². The number of nitrogens with zero attached hydrogens (tertiary/aromatic N) is 1. The molecule has 13 heavy (non-hydrogen) atoms. The topological polar surface area (TPSA) is 76.2 Å². The number of carbonyl (C=O) groups is 1. The predicted molar refractivity (Wildman–Crippen MR) is 54.1 cm³/mol. The number of hydrogen-bond donors (Lipinski definition) is 3.